The zero-order valence-electron chi connectivity index (χ0n) is 13.3. The molecule has 0 unspecified atom stereocenters. The molecule has 2 aliphatic heterocycles. The summed E-state index contributed by atoms with van der Waals surface area (Å²) in [5, 5.41) is 0. The van der Waals surface area contributed by atoms with Gasteiger partial charge in [-0.25, -0.2) is 0 Å². The van der Waals surface area contributed by atoms with Gasteiger partial charge in [0.1, 0.15) is 5.84 Å². The maximum Gasteiger partial charge on any atom is 0.416 e. The second kappa shape index (κ2) is 6.09. The summed E-state index contributed by atoms with van der Waals surface area (Å²) in [4.78, 5) is 19.1. The van der Waals surface area contributed by atoms with Gasteiger partial charge in [0.15, 0.2) is 5.78 Å². The van der Waals surface area contributed by atoms with Gasteiger partial charge >= 0.3 is 6.18 Å². The molecule has 0 aromatic heterocycles. The predicted molar refractivity (Wildman–Crippen MR) is 97.5 cm³/mol. The molecule has 2 heterocycles. The number of benzene rings is 2. The summed E-state index contributed by atoms with van der Waals surface area (Å²) >= 11 is 3.32. The van der Waals surface area contributed by atoms with Crippen molar-refractivity contribution in [2.24, 2.45) is 4.99 Å². The summed E-state index contributed by atoms with van der Waals surface area (Å²) in [6.07, 6.45) is -2.92. The Morgan fingerprint density at radius 3 is 2.54 bits per heavy atom. The van der Waals surface area contributed by atoms with Crippen LogP contribution in [0.25, 0.3) is 6.08 Å². The maximum atomic E-state index is 13.1. The van der Waals surface area contributed by atoms with Crippen molar-refractivity contribution in [1.29, 1.82) is 0 Å². The molecule has 0 amide bonds. The van der Waals surface area contributed by atoms with Crippen LogP contribution in [0, 0.1) is 0 Å². The van der Waals surface area contributed by atoms with Gasteiger partial charge in [-0.15, -0.1) is 0 Å². The Morgan fingerprint density at radius 1 is 1.12 bits per heavy atom. The second-order valence-corrected chi connectivity index (χ2v) is 6.94. The van der Waals surface area contributed by atoms with E-state index in [0.717, 1.165) is 16.6 Å². The molecule has 0 atom stereocenters. The fraction of sp³-hybridized carbons (Fsp3) is 0.158. The highest BCUT2D eigenvalue weighted by atomic mass is 79.9. The van der Waals surface area contributed by atoms with Crippen LogP contribution in [0.2, 0.25) is 0 Å². The van der Waals surface area contributed by atoms with Gasteiger partial charge in [0.2, 0.25) is 0 Å². The van der Waals surface area contributed by atoms with Gasteiger partial charge in [-0.2, -0.15) is 13.2 Å². The lowest BCUT2D eigenvalue weighted by Gasteiger charge is -2.28. The molecule has 0 spiro atoms. The van der Waals surface area contributed by atoms with E-state index in [2.05, 4.69) is 20.9 Å². The van der Waals surface area contributed by atoms with Crippen molar-refractivity contribution in [1.82, 2.24) is 0 Å². The summed E-state index contributed by atoms with van der Waals surface area (Å²) in [7, 11) is 0. The Labute approximate surface area is 156 Å². The number of ketones is 1. The molecule has 0 radical (unpaired) electrons. The van der Waals surface area contributed by atoms with Crippen molar-refractivity contribution in [3.8, 4) is 0 Å². The molecule has 7 heteroatoms. The fourth-order valence-corrected chi connectivity index (χ4v) is 3.41. The van der Waals surface area contributed by atoms with Crippen molar-refractivity contribution in [2.45, 2.75) is 6.18 Å². The quantitative estimate of drug-likeness (QED) is 0.642. The van der Waals surface area contributed by atoms with Gasteiger partial charge in [0, 0.05) is 22.3 Å². The van der Waals surface area contributed by atoms with E-state index in [1.807, 2.05) is 4.90 Å². The molecule has 0 saturated heterocycles. The number of nitrogens with zero attached hydrogens (tertiary/aromatic N) is 2. The van der Waals surface area contributed by atoms with Crippen LogP contribution in [-0.2, 0) is 6.18 Å². The molecule has 0 bridgehead atoms. The molecule has 2 aromatic rings. The Kier molecular flexibility index (Phi) is 3.99. The third kappa shape index (κ3) is 2.86. The Bertz CT molecular complexity index is 962. The lowest BCUT2D eigenvalue weighted by Crippen LogP contribution is -2.34. The molecular formula is C19H12BrF3N2O. The first kappa shape index (κ1) is 17.0. The normalized spacial score (nSPS) is 15.9. The van der Waals surface area contributed by atoms with Gasteiger partial charge in [-0.1, -0.05) is 15.9 Å². The highest BCUT2D eigenvalue weighted by molar-refractivity contribution is 9.10. The second-order valence-electron chi connectivity index (χ2n) is 6.02. The number of rotatable bonds is 2. The monoisotopic (exact) mass is 420 g/mol. The van der Waals surface area contributed by atoms with E-state index in [9.17, 15) is 18.0 Å². The zero-order valence-corrected chi connectivity index (χ0v) is 14.9. The number of halogens is 4. The van der Waals surface area contributed by atoms with Crippen LogP contribution >= 0.6 is 15.9 Å². The molecule has 3 nitrogen and oxygen atoms in total. The molecule has 2 aromatic carbocycles. The molecule has 0 N–H and O–H groups in total. The van der Waals surface area contributed by atoms with E-state index in [1.165, 1.54) is 12.1 Å². The van der Waals surface area contributed by atoms with Crippen molar-refractivity contribution in [3.63, 3.8) is 0 Å². The lowest BCUT2D eigenvalue weighted by molar-refractivity contribution is -0.137. The fourth-order valence-electron chi connectivity index (χ4n) is 3.15. The topological polar surface area (TPSA) is 32.7 Å². The first-order valence-electron chi connectivity index (χ1n) is 7.90. The average molecular weight is 421 g/mol. The summed E-state index contributed by atoms with van der Waals surface area (Å²) in [5.41, 5.74) is 1.06. The van der Waals surface area contributed by atoms with Crippen LogP contribution in [0.1, 0.15) is 21.5 Å². The first-order chi connectivity index (χ1) is 12.3. The number of hydrogen-bond acceptors (Lipinski definition) is 3. The third-order valence-electron chi connectivity index (χ3n) is 4.38. The van der Waals surface area contributed by atoms with Crippen LogP contribution in [0.5, 0.6) is 0 Å². The molecule has 0 fully saturated rings. The van der Waals surface area contributed by atoms with Gasteiger partial charge in [-0.3, -0.25) is 9.79 Å². The number of carbonyl (C=O) groups excluding carboxylic acids is 1. The number of alkyl halides is 3. The SMILES string of the molecule is O=C(C1=Cc2cc(C(F)(F)F)ccc2N2CCN=C12)c1ccc(Br)cc1. The first-order valence-corrected chi connectivity index (χ1v) is 8.69. The highest BCUT2D eigenvalue weighted by Gasteiger charge is 2.35. The van der Waals surface area contributed by atoms with Crippen LogP contribution in [0.4, 0.5) is 18.9 Å². The standard InChI is InChI=1S/C19H12BrF3N2O/c20-14-4-1-11(2-5-14)17(26)15-10-12-9-13(19(21,22)23)3-6-16(12)25-8-7-24-18(15)25/h1-6,9-10H,7-8H2. The molecule has 26 heavy (non-hydrogen) atoms. The third-order valence-corrected chi connectivity index (χ3v) is 4.91. The number of aliphatic imine (C=N–C) groups is 1. The van der Waals surface area contributed by atoms with Crippen LogP contribution < -0.4 is 4.90 Å². The van der Waals surface area contributed by atoms with E-state index >= 15 is 0 Å². The van der Waals surface area contributed by atoms with Gasteiger partial charge in [-0.05, 0) is 54.1 Å². The van der Waals surface area contributed by atoms with Crippen molar-refractivity contribution < 1.29 is 18.0 Å². The summed E-state index contributed by atoms with van der Waals surface area (Å²) < 4.78 is 40.0. The molecular weight excluding hydrogens is 409 g/mol. The van der Waals surface area contributed by atoms with Crippen LogP contribution in [0.15, 0.2) is 57.5 Å². The van der Waals surface area contributed by atoms with Gasteiger partial charge in [0.25, 0.3) is 0 Å². The number of Topliss-reactive ketones (excluding diaryl/α,β-unsaturated/α-hetero) is 1. The molecule has 4 rings (SSSR count). The lowest BCUT2D eigenvalue weighted by atomic mass is 9.94. The van der Waals surface area contributed by atoms with Crippen molar-refractivity contribution >= 4 is 39.3 Å². The molecule has 2 aliphatic rings. The van der Waals surface area contributed by atoms with Gasteiger partial charge in [0.05, 0.1) is 17.7 Å². The van der Waals surface area contributed by atoms with E-state index in [-0.39, 0.29) is 5.78 Å². The summed E-state index contributed by atoms with van der Waals surface area (Å²) in [6, 6.07) is 10.4. The zero-order chi connectivity index (χ0) is 18.5. The number of amidine groups is 1. The average Bonchev–Trinajstić information content (AvgIpc) is 3.10. The largest absolute Gasteiger partial charge is 0.416 e. The smallest absolute Gasteiger partial charge is 0.324 e. The van der Waals surface area contributed by atoms with Crippen LogP contribution in [0.3, 0.4) is 0 Å². The van der Waals surface area contributed by atoms with Crippen molar-refractivity contribution in [2.75, 3.05) is 18.0 Å². The minimum absolute atomic E-state index is 0.258. The minimum atomic E-state index is -4.43. The molecule has 0 saturated carbocycles. The minimum Gasteiger partial charge on any atom is -0.324 e. The van der Waals surface area contributed by atoms with Crippen molar-refractivity contribution in [3.05, 3.63) is 69.2 Å². The Morgan fingerprint density at radius 2 is 1.85 bits per heavy atom. The van der Waals surface area contributed by atoms with E-state index in [0.29, 0.717) is 41.3 Å². The van der Waals surface area contributed by atoms with E-state index < -0.39 is 11.7 Å². The van der Waals surface area contributed by atoms with Crippen LogP contribution in [-0.4, -0.2) is 24.7 Å². The summed E-state index contributed by atoms with van der Waals surface area (Å²) in [6.45, 7) is 1.04. The predicted octanol–water partition coefficient (Wildman–Crippen LogP) is 4.97. The molecule has 0 aliphatic carbocycles. The Hall–Kier alpha value is -2.41. The number of fused-ring (bicyclic) bond motifs is 3. The maximum absolute atomic E-state index is 13.1. The van der Waals surface area contributed by atoms with E-state index in [4.69, 9.17) is 0 Å². The van der Waals surface area contributed by atoms with E-state index in [1.54, 1.807) is 24.3 Å². The van der Waals surface area contributed by atoms with Gasteiger partial charge < -0.3 is 4.90 Å². The molecule has 132 valence electrons. The highest BCUT2D eigenvalue weighted by Crippen LogP contribution is 2.38. The number of carbonyl (C=O) groups is 1. The number of hydrogen-bond donors (Lipinski definition) is 0. The summed E-state index contributed by atoms with van der Waals surface area (Å²) in [5.74, 6) is 0.261. The Balaban J connectivity index is 1.83. The number of anilines is 1.